The van der Waals surface area contributed by atoms with Crippen LogP contribution in [0, 0.1) is 10.1 Å². The molecule has 0 aliphatic rings. The fourth-order valence-corrected chi connectivity index (χ4v) is 3.34. The van der Waals surface area contributed by atoms with Crippen molar-refractivity contribution in [3.63, 3.8) is 0 Å². The molecule has 2 aromatic heterocycles. The van der Waals surface area contributed by atoms with Crippen molar-refractivity contribution in [1.29, 1.82) is 0 Å². The number of thiophene rings is 1. The Hall–Kier alpha value is -2.80. The molecule has 0 unspecified atom stereocenters. The van der Waals surface area contributed by atoms with Crippen molar-refractivity contribution in [2.45, 2.75) is 13.1 Å². The van der Waals surface area contributed by atoms with Crippen LogP contribution in [0.15, 0.2) is 18.2 Å². The number of rotatable bonds is 6. The minimum atomic E-state index is -4.90. The van der Waals surface area contributed by atoms with Crippen molar-refractivity contribution in [3.05, 3.63) is 43.8 Å². The number of hydrogen-bond donors (Lipinski definition) is 1. The average Bonchev–Trinajstić information content (AvgIpc) is 3.19. The third kappa shape index (κ3) is 5.34. The van der Waals surface area contributed by atoms with Gasteiger partial charge in [-0.3, -0.25) is 20.2 Å². The van der Waals surface area contributed by atoms with E-state index >= 15 is 0 Å². The zero-order chi connectivity index (χ0) is 20.2. The van der Waals surface area contributed by atoms with Gasteiger partial charge in [0.05, 0.1) is 11.5 Å². The second-order valence-electron chi connectivity index (χ2n) is 4.67. The molecule has 2 heterocycles. The maximum atomic E-state index is 13.0. The predicted molar refractivity (Wildman–Crippen MR) is 91.7 cm³/mol. The lowest BCUT2D eigenvalue weighted by Crippen LogP contribution is -2.14. The first-order chi connectivity index (χ1) is 12.6. The number of nitro groups is 1. The number of thiazole rings is 1. The summed E-state index contributed by atoms with van der Waals surface area (Å²) in [4.78, 5) is 36.4. The highest BCUT2D eigenvalue weighted by Gasteiger charge is 2.40. The molecule has 8 nitrogen and oxygen atoms in total. The summed E-state index contributed by atoms with van der Waals surface area (Å²) in [5.41, 5.74) is -1.45. The molecular weight excluding hydrogens is 411 g/mol. The number of amides is 1. The van der Waals surface area contributed by atoms with Gasteiger partial charge in [-0.1, -0.05) is 22.7 Å². The number of nitrogens with zero attached hydrogens (tertiary/aromatic N) is 2. The standard InChI is InChI=1S/C14H10F3N3O5S2/c1-2-25-12(22)10-11(14(15,16)17)19-13(27-10)18-8(21)5-3-7-4-6-9(26-7)20(23)24/h3-6H,2H2,1H3,(H,18,19,21)/b5-3+. The molecule has 0 bridgehead atoms. The first kappa shape index (κ1) is 20.5. The summed E-state index contributed by atoms with van der Waals surface area (Å²) in [6.07, 6.45) is -2.65. The Morgan fingerprint density at radius 3 is 2.63 bits per heavy atom. The Bertz CT molecular complexity index is 904. The number of esters is 1. The van der Waals surface area contributed by atoms with E-state index < -0.39 is 38.7 Å². The zero-order valence-corrected chi connectivity index (χ0v) is 15.0. The molecule has 0 radical (unpaired) electrons. The highest BCUT2D eigenvalue weighted by molar-refractivity contribution is 7.17. The van der Waals surface area contributed by atoms with Crippen molar-refractivity contribution in [1.82, 2.24) is 4.98 Å². The van der Waals surface area contributed by atoms with Crippen LogP contribution in [0.1, 0.15) is 27.2 Å². The Balaban J connectivity index is 2.15. The Labute approximate surface area is 157 Å². The van der Waals surface area contributed by atoms with E-state index in [-0.39, 0.29) is 11.6 Å². The largest absolute Gasteiger partial charge is 0.462 e. The first-order valence-electron chi connectivity index (χ1n) is 7.10. The maximum Gasteiger partial charge on any atom is 0.435 e. The summed E-state index contributed by atoms with van der Waals surface area (Å²) in [6.45, 7) is 1.32. The molecule has 0 saturated heterocycles. The fourth-order valence-electron chi connectivity index (χ4n) is 1.74. The number of hydrogen-bond acceptors (Lipinski definition) is 8. The van der Waals surface area contributed by atoms with Gasteiger partial charge in [-0.25, -0.2) is 9.78 Å². The quantitative estimate of drug-likeness (QED) is 0.327. The number of carbonyl (C=O) groups is 2. The Morgan fingerprint density at radius 1 is 1.37 bits per heavy atom. The molecule has 2 rings (SSSR count). The Kier molecular flexibility index (Phi) is 6.28. The van der Waals surface area contributed by atoms with E-state index in [9.17, 15) is 32.9 Å². The molecule has 13 heteroatoms. The number of alkyl halides is 3. The third-order valence-electron chi connectivity index (χ3n) is 2.78. The maximum absolute atomic E-state index is 13.0. The molecule has 0 aliphatic carbocycles. The number of nitrogens with one attached hydrogen (secondary N) is 1. The monoisotopic (exact) mass is 421 g/mol. The second kappa shape index (κ2) is 8.26. The molecule has 27 heavy (non-hydrogen) atoms. The molecule has 0 aliphatic heterocycles. The van der Waals surface area contributed by atoms with Gasteiger partial charge in [-0.15, -0.1) is 0 Å². The summed E-state index contributed by atoms with van der Waals surface area (Å²) in [5.74, 6) is -2.01. The van der Waals surface area contributed by atoms with Crippen LogP contribution >= 0.6 is 22.7 Å². The van der Waals surface area contributed by atoms with E-state index in [0.29, 0.717) is 16.2 Å². The highest BCUT2D eigenvalue weighted by atomic mass is 32.1. The average molecular weight is 421 g/mol. The van der Waals surface area contributed by atoms with E-state index in [1.165, 1.54) is 25.1 Å². The summed E-state index contributed by atoms with van der Waals surface area (Å²) < 4.78 is 43.5. The predicted octanol–water partition coefficient (Wildman–Crippen LogP) is 3.96. The number of ether oxygens (including phenoxy) is 1. The molecule has 2 aromatic rings. The van der Waals surface area contributed by atoms with E-state index in [2.05, 4.69) is 15.0 Å². The van der Waals surface area contributed by atoms with E-state index in [0.717, 1.165) is 17.4 Å². The van der Waals surface area contributed by atoms with Gasteiger partial charge in [0, 0.05) is 17.0 Å². The third-order valence-corrected chi connectivity index (χ3v) is 4.73. The van der Waals surface area contributed by atoms with E-state index in [4.69, 9.17) is 0 Å². The van der Waals surface area contributed by atoms with Crippen LogP contribution in [-0.2, 0) is 15.7 Å². The van der Waals surface area contributed by atoms with Gasteiger partial charge in [-0.2, -0.15) is 13.2 Å². The lowest BCUT2D eigenvalue weighted by Gasteiger charge is -2.04. The van der Waals surface area contributed by atoms with Crippen molar-refractivity contribution >= 4 is 50.8 Å². The number of aromatic nitrogens is 1. The topological polar surface area (TPSA) is 111 Å². The highest BCUT2D eigenvalue weighted by Crippen LogP contribution is 2.36. The number of halogens is 3. The smallest absolute Gasteiger partial charge is 0.435 e. The molecule has 0 atom stereocenters. The van der Waals surface area contributed by atoms with E-state index in [1.807, 2.05) is 0 Å². The Morgan fingerprint density at radius 2 is 2.07 bits per heavy atom. The SMILES string of the molecule is CCOC(=O)c1sc(NC(=O)/C=C/c2ccc([N+](=O)[O-])s2)nc1C(F)(F)F. The fraction of sp³-hybridized carbons (Fsp3) is 0.214. The van der Waals surface area contributed by atoms with Crippen molar-refractivity contribution in [2.24, 2.45) is 0 Å². The van der Waals surface area contributed by atoms with Crippen LogP contribution in [0.3, 0.4) is 0 Å². The molecule has 0 fully saturated rings. The molecule has 144 valence electrons. The lowest BCUT2D eigenvalue weighted by molar-refractivity contribution is -0.380. The summed E-state index contributed by atoms with van der Waals surface area (Å²) in [7, 11) is 0. The van der Waals surface area contributed by atoms with E-state index in [1.54, 1.807) is 0 Å². The summed E-state index contributed by atoms with van der Waals surface area (Å²) >= 11 is 1.15. The molecular formula is C14H10F3N3O5S2. The van der Waals surface area contributed by atoms with Gasteiger partial charge in [0.2, 0.25) is 5.91 Å². The van der Waals surface area contributed by atoms with Crippen LogP contribution in [-0.4, -0.2) is 28.4 Å². The molecule has 1 N–H and O–H groups in total. The van der Waals surface area contributed by atoms with Crippen LogP contribution in [0.25, 0.3) is 6.08 Å². The number of carbonyl (C=O) groups excluding carboxylic acids is 2. The molecule has 0 aromatic carbocycles. The second-order valence-corrected chi connectivity index (χ2v) is 6.76. The molecule has 0 spiro atoms. The molecule has 1 amide bonds. The van der Waals surface area contributed by atoms with Crippen LogP contribution in [0.5, 0.6) is 0 Å². The summed E-state index contributed by atoms with van der Waals surface area (Å²) in [6, 6.07) is 2.67. The zero-order valence-electron chi connectivity index (χ0n) is 13.4. The van der Waals surface area contributed by atoms with Gasteiger partial charge in [0.1, 0.15) is 4.88 Å². The minimum Gasteiger partial charge on any atom is -0.462 e. The van der Waals surface area contributed by atoms with Gasteiger partial charge in [0.25, 0.3) is 0 Å². The molecule has 0 saturated carbocycles. The minimum absolute atomic E-state index is 0.120. The normalized spacial score (nSPS) is 11.6. The van der Waals surface area contributed by atoms with Crippen molar-refractivity contribution in [2.75, 3.05) is 11.9 Å². The van der Waals surface area contributed by atoms with Crippen molar-refractivity contribution in [3.8, 4) is 0 Å². The van der Waals surface area contributed by atoms with Gasteiger partial charge < -0.3 is 4.74 Å². The lowest BCUT2D eigenvalue weighted by atomic mass is 10.3. The first-order valence-corrected chi connectivity index (χ1v) is 8.73. The van der Waals surface area contributed by atoms with Crippen LogP contribution in [0.2, 0.25) is 0 Å². The van der Waals surface area contributed by atoms with Crippen LogP contribution in [0.4, 0.5) is 23.3 Å². The van der Waals surface area contributed by atoms with Gasteiger partial charge >= 0.3 is 17.1 Å². The summed E-state index contributed by atoms with van der Waals surface area (Å²) in [5, 5.41) is 12.1. The number of anilines is 1. The van der Waals surface area contributed by atoms with Gasteiger partial charge in [-0.05, 0) is 19.1 Å². The van der Waals surface area contributed by atoms with Crippen molar-refractivity contribution < 1.29 is 32.4 Å². The van der Waals surface area contributed by atoms with Gasteiger partial charge in [0.15, 0.2) is 10.8 Å². The van der Waals surface area contributed by atoms with Crippen LogP contribution < -0.4 is 5.32 Å².